The molecule has 4 heteroatoms. The van der Waals surface area contributed by atoms with E-state index in [9.17, 15) is 4.79 Å². The molecule has 3 nitrogen and oxygen atoms in total. The van der Waals surface area contributed by atoms with Crippen LogP contribution >= 0.6 is 12.4 Å². The highest BCUT2D eigenvalue weighted by molar-refractivity contribution is 5.85. The first kappa shape index (κ1) is 34.6. The molecule has 0 aliphatic rings. The number of ether oxygens (including phenoxy) is 1. The van der Waals surface area contributed by atoms with Crippen molar-refractivity contribution in [1.29, 1.82) is 0 Å². The van der Waals surface area contributed by atoms with E-state index in [-0.39, 0.29) is 24.6 Å². The maximum Gasteiger partial charge on any atom is 0.331 e. The lowest BCUT2D eigenvalue weighted by Gasteiger charge is -2.28. The Labute approximate surface area is 213 Å². The van der Waals surface area contributed by atoms with Crippen molar-refractivity contribution in [2.75, 3.05) is 13.1 Å². The van der Waals surface area contributed by atoms with E-state index in [1.54, 1.807) is 0 Å². The van der Waals surface area contributed by atoms with Crippen LogP contribution in [0, 0.1) is 0 Å². The molecule has 0 rings (SSSR count). The van der Waals surface area contributed by atoms with E-state index in [1.165, 1.54) is 134 Å². The van der Waals surface area contributed by atoms with Crippen LogP contribution in [0.25, 0.3) is 0 Å². The van der Waals surface area contributed by atoms with Gasteiger partial charge >= 0.3 is 5.97 Å². The number of carbonyl (C=O) groups excluding carboxylic acids is 1. The van der Waals surface area contributed by atoms with Gasteiger partial charge in [0.25, 0.3) is 0 Å². The van der Waals surface area contributed by atoms with Gasteiger partial charge in [0.05, 0.1) is 0 Å². The van der Waals surface area contributed by atoms with E-state index >= 15 is 0 Å². The van der Waals surface area contributed by atoms with Crippen LogP contribution < -0.4 is 0 Å². The summed E-state index contributed by atoms with van der Waals surface area (Å²) in [4.78, 5) is 14.0. The molecule has 0 saturated heterocycles. The molecule has 0 aliphatic heterocycles. The maximum absolute atomic E-state index is 11.6. The largest absolute Gasteiger partial charge is 0.443 e. The Bertz CT molecular complexity index is 392. The fourth-order valence-corrected chi connectivity index (χ4v) is 4.37. The van der Waals surface area contributed by atoms with E-state index < -0.39 is 0 Å². The summed E-state index contributed by atoms with van der Waals surface area (Å²) in [6.45, 7) is 12.2. The van der Waals surface area contributed by atoms with Crippen molar-refractivity contribution in [2.45, 2.75) is 155 Å². The van der Waals surface area contributed by atoms with Crippen molar-refractivity contribution in [1.82, 2.24) is 4.90 Å². The van der Waals surface area contributed by atoms with Crippen molar-refractivity contribution in [2.24, 2.45) is 0 Å². The highest BCUT2D eigenvalue weighted by Gasteiger charge is 2.16. The molecule has 0 radical (unpaired) electrons. The number of halogens is 1. The van der Waals surface area contributed by atoms with Crippen LogP contribution in [0.1, 0.15) is 149 Å². The molecule has 0 N–H and O–H groups in total. The summed E-state index contributed by atoms with van der Waals surface area (Å²) in [6, 6.07) is 0. The van der Waals surface area contributed by atoms with Gasteiger partial charge in [-0.15, -0.1) is 12.4 Å². The molecule has 0 bridgehead atoms. The molecule has 0 aromatic carbocycles. The number of hydrogen-bond acceptors (Lipinski definition) is 3. The lowest BCUT2D eigenvalue weighted by molar-refractivity contribution is -0.151. The monoisotopic (exact) mass is 487 g/mol. The minimum absolute atomic E-state index is 0. The van der Waals surface area contributed by atoms with Crippen LogP contribution in [0.5, 0.6) is 0 Å². The zero-order chi connectivity index (χ0) is 23.7. The van der Waals surface area contributed by atoms with Crippen molar-refractivity contribution in [3.63, 3.8) is 0 Å². The van der Waals surface area contributed by atoms with Gasteiger partial charge in [-0.2, -0.15) is 0 Å². The van der Waals surface area contributed by atoms with Gasteiger partial charge in [0.15, 0.2) is 6.23 Å². The molecule has 198 valence electrons. The summed E-state index contributed by atoms with van der Waals surface area (Å²) in [5.74, 6) is -0.311. The van der Waals surface area contributed by atoms with Crippen molar-refractivity contribution in [3.8, 4) is 0 Å². The Balaban J connectivity index is 0. The Morgan fingerprint density at radius 1 is 0.667 bits per heavy atom. The van der Waals surface area contributed by atoms with Gasteiger partial charge < -0.3 is 4.74 Å². The lowest BCUT2D eigenvalue weighted by atomic mass is 10.1. The summed E-state index contributed by atoms with van der Waals surface area (Å²) in [7, 11) is 0. The fourth-order valence-electron chi connectivity index (χ4n) is 4.37. The molecule has 0 aromatic rings. The predicted molar refractivity (Wildman–Crippen MR) is 148 cm³/mol. The zero-order valence-corrected chi connectivity index (χ0v) is 23.4. The van der Waals surface area contributed by atoms with Crippen molar-refractivity contribution < 1.29 is 9.53 Å². The molecule has 0 amide bonds. The third kappa shape index (κ3) is 24.4. The van der Waals surface area contributed by atoms with Crippen LogP contribution in [-0.2, 0) is 9.53 Å². The SMILES string of the molecule is C=CC(=O)OC(C)N(CCCCCCCCCCCC)CCCCCCCCCCCC.Cl. The highest BCUT2D eigenvalue weighted by Crippen LogP contribution is 2.14. The average molecular weight is 488 g/mol. The molecular weight excluding hydrogens is 430 g/mol. The van der Waals surface area contributed by atoms with Gasteiger partial charge in [-0.25, -0.2) is 4.79 Å². The molecular formula is C29H58ClNO2. The summed E-state index contributed by atoms with van der Waals surface area (Å²) in [6.07, 6.45) is 28.1. The third-order valence-corrected chi connectivity index (χ3v) is 6.57. The predicted octanol–water partition coefficient (Wildman–Crippen LogP) is 9.63. The van der Waals surface area contributed by atoms with E-state index in [1.807, 2.05) is 6.92 Å². The zero-order valence-electron chi connectivity index (χ0n) is 22.6. The van der Waals surface area contributed by atoms with E-state index in [0.717, 1.165) is 13.1 Å². The lowest BCUT2D eigenvalue weighted by Crippen LogP contribution is -2.37. The van der Waals surface area contributed by atoms with Crippen LogP contribution in [0.15, 0.2) is 12.7 Å². The highest BCUT2D eigenvalue weighted by atomic mass is 35.5. The van der Waals surface area contributed by atoms with Crippen molar-refractivity contribution >= 4 is 18.4 Å². The average Bonchev–Trinajstić information content (AvgIpc) is 2.79. The molecule has 0 saturated carbocycles. The minimum atomic E-state index is -0.311. The van der Waals surface area contributed by atoms with E-state index in [0.29, 0.717) is 0 Å². The molecule has 0 spiro atoms. The van der Waals surface area contributed by atoms with Gasteiger partial charge in [-0.05, 0) is 19.8 Å². The first-order chi connectivity index (χ1) is 15.7. The Kier molecular flexibility index (Phi) is 29.1. The topological polar surface area (TPSA) is 29.5 Å². The second-order valence-corrected chi connectivity index (χ2v) is 9.64. The van der Waals surface area contributed by atoms with Crippen LogP contribution in [0.3, 0.4) is 0 Å². The summed E-state index contributed by atoms with van der Waals surface area (Å²) < 4.78 is 5.52. The second-order valence-electron chi connectivity index (χ2n) is 9.64. The van der Waals surface area contributed by atoms with Gasteiger partial charge in [0, 0.05) is 19.2 Å². The van der Waals surface area contributed by atoms with Gasteiger partial charge in [0.2, 0.25) is 0 Å². The molecule has 33 heavy (non-hydrogen) atoms. The molecule has 0 aromatic heterocycles. The second kappa shape index (κ2) is 27.7. The number of rotatable bonds is 25. The molecule has 1 unspecified atom stereocenters. The maximum atomic E-state index is 11.6. The van der Waals surface area contributed by atoms with E-state index in [4.69, 9.17) is 4.74 Å². The quantitative estimate of drug-likeness (QED) is 0.0555. The van der Waals surface area contributed by atoms with Gasteiger partial charge in [0.1, 0.15) is 0 Å². The minimum Gasteiger partial charge on any atom is -0.443 e. The number of nitrogens with zero attached hydrogens (tertiary/aromatic N) is 1. The molecule has 1 atom stereocenters. The summed E-state index contributed by atoms with van der Waals surface area (Å²) >= 11 is 0. The Morgan fingerprint density at radius 3 is 1.27 bits per heavy atom. The normalized spacial score (nSPS) is 11.9. The molecule has 0 heterocycles. The van der Waals surface area contributed by atoms with Gasteiger partial charge in [-0.3, -0.25) is 4.90 Å². The smallest absolute Gasteiger partial charge is 0.331 e. The first-order valence-corrected chi connectivity index (χ1v) is 14.2. The van der Waals surface area contributed by atoms with Crippen LogP contribution in [-0.4, -0.2) is 30.2 Å². The summed E-state index contributed by atoms with van der Waals surface area (Å²) in [5.41, 5.74) is 0. The van der Waals surface area contributed by atoms with Crippen molar-refractivity contribution in [3.05, 3.63) is 12.7 Å². The number of hydrogen-bond donors (Lipinski definition) is 0. The Hall–Kier alpha value is -0.540. The fraction of sp³-hybridized carbons (Fsp3) is 0.897. The number of carbonyl (C=O) groups is 1. The summed E-state index contributed by atoms with van der Waals surface area (Å²) in [5, 5.41) is 0. The standard InChI is InChI=1S/C29H57NO2.ClH/c1-5-8-10-12-14-16-18-20-22-24-26-30(28(4)32-29(31)7-3)27-25-23-21-19-17-15-13-11-9-6-2;/h7,28H,3,5-6,8-27H2,1-2,4H3;1H. The number of unbranched alkanes of at least 4 members (excludes halogenated alkanes) is 18. The van der Waals surface area contributed by atoms with Crippen LogP contribution in [0.4, 0.5) is 0 Å². The molecule has 0 fully saturated rings. The molecule has 0 aliphatic carbocycles. The van der Waals surface area contributed by atoms with Gasteiger partial charge in [-0.1, -0.05) is 136 Å². The third-order valence-electron chi connectivity index (χ3n) is 6.57. The first-order valence-electron chi connectivity index (χ1n) is 14.2. The van der Waals surface area contributed by atoms with Crippen LogP contribution in [0.2, 0.25) is 0 Å². The van der Waals surface area contributed by atoms with E-state index in [2.05, 4.69) is 25.3 Å². The number of esters is 1. The Morgan fingerprint density at radius 2 is 0.970 bits per heavy atom.